The van der Waals surface area contributed by atoms with Gasteiger partial charge in [0.15, 0.2) is 0 Å². The maximum atomic E-state index is 9.91. The summed E-state index contributed by atoms with van der Waals surface area (Å²) in [6, 6.07) is 10.2. The van der Waals surface area contributed by atoms with Crippen molar-refractivity contribution in [3.05, 3.63) is 58.1 Å². The summed E-state index contributed by atoms with van der Waals surface area (Å²) in [5, 5.41) is 9.91. The summed E-state index contributed by atoms with van der Waals surface area (Å²) < 4.78 is 12.4. The summed E-state index contributed by atoms with van der Waals surface area (Å²) in [5.74, 6) is 1.79. The molecular formula is C21H26O3. The van der Waals surface area contributed by atoms with Gasteiger partial charge < -0.3 is 14.6 Å². The highest BCUT2D eigenvalue weighted by molar-refractivity contribution is 5.61. The lowest BCUT2D eigenvalue weighted by Gasteiger charge is -2.25. The standard InChI is InChI=1S/C21H26O3/c1-13-14(2)20-18(17(11-22)21(4,5)24-20)15(3)19(13)23-12-16-9-7-6-8-10-16/h6-10,17,22H,11-12H2,1-5H3/t17-/m1/s1. The van der Waals surface area contributed by atoms with Crippen molar-refractivity contribution >= 4 is 0 Å². The van der Waals surface area contributed by atoms with Crippen molar-refractivity contribution in [2.45, 2.75) is 52.7 Å². The van der Waals surface area contributed by atoms with Crippen LogP contribution in [0.4, 0.5) is 0 Å². The summed E-state index contributed by atoms with van der Waals surface area (Å²) in [6.45, 7) is 10.9. The summed E-state index contributed by atoms with van der Waals surface area (Å²) in [5.41, 5.74) is 5.11. The van der Waals surface area contributed by atoms with Crippen molar-refractivity contribution in [1.82, 2.24) is 0 Å². The van der Waals surface area contributed by atoms with E-state index in [0.717, 1.165) is 39.3 Å². The van der Waals surface area contributed by atoms with Crippen LogP contribution in [0, 0.1) is 20.8 Å². The first-order valence-electron chi connectivity index (χ1n) is 8.47. The zero-order valence-electron chi connectivity index (χ0n) is 15.1. The number of hydrogen-bond acceptors (Lipinski definition) is 3. The molecule has 0 bridgehead atoms. The number of benzene rings is 2. The minimum Gasteiger partial charge on any atom is -0.488 e. The number of ether oxygens (including phenoxy) is 2. The zero-order valence-corrected chi connectivity index (χ0v) is 15.1. The minimum absolute atomic E-state index is 0.0362. The highest BCUT2D eigenvalue weighted by Crippen LogP contribution is 2.51. The van der Waals surface area contributed by atoms with Gasteiger partial charge in [0.2, 0.25) is 0 Å². The lowest BCUT2D eigenvalue weighted by atomic mass is 9.83. The third kappa shape index (κ3) is 2.67. The van der Waals surface area contributed by atoms with Gasteiger partial charge in [-0.05, 0) is 56.9 Å². The van der Waals surface area contributed by atoms with Gasteiger partial charge in [-0.15, -0.1) is 0 Å². The molecule has 1 heterocycles. The number of fused-ring (bicyclic) bond motifs is 1. The maximum Gasteiger partial charge on any atom is 0.127 e. The quantitative estimate of drug-likeness (QED) is 0.903. The lowest BCUT2D eigenvalue weighted by molar-refractivity contribution is 0.0808. The summed E-state index contributed by atoms with van der Waals surface area (Å²) in [7, 11) is 0. The van der Waals surface area contributed by atoms with Crippen LogP contribution < -0.4 is 9.47 Å². The van der Waals surface area contributed by atoms with E-state index in [4.69, 9.17) is 9.47 Å². The molecule has 0 aromatic heterocycles. The Morgan fingerprint density at radius 2 is 1.71 bits per heavy atom. The Balaban J connectivity index is 2.02. The molecule has 0 saturated heterocycles. The molecule has 0 amide bonds. The van der Waals surface area contributed by atoms with Crippen LogP contribution in [0.5, 0.6) is 11.5 Å². The first-order valence-corrected chi connectivity index (χ1v) is 8.47. The Morgan fingerprint density at radius 1 is 1.04 bits per heavy atom. The number of rotatable bonds is 4. The molecule has 1 N–H and O–H groups in total. The second kappa shape index (κ2) is 6.14. The van der Waals surface area contributed by atoms with Gasteiger partial charge in [0.05, 0.1) is 12.5 Å². The van der Waals surface area contributed by atoms with Crippen molar-refractivity contribution in [2.75, 3.05) is 6.61 Å². The molecule has 1 atom stereocenters. The molecular weight excluding hydrogens is 300 g/mol. The second-order valence-corrected chi connectivity index (χ2v) is 7.16. The predicted octanol–water partition coefficient (Wildman–Crippen LogP) is 4.44. The van der Waals surface area contributed by atoms with E-state index in [-0.39, 0.29) is 12.5 Å². The van der Waals surface area contributed by atoms with E-state index >= 15 is 0 Å². The average Bonchev–Trinajstić information content (AvgIpc) is 2.84. The van der Waals surface area contributed by atoms with Crippen LogP contribution in [-0.2, 0) is 6.61 Å². The van der Waals surface area contributed by atoms with Gasteiger partial charge in [0.1, 0.15) is 23.7 Å². The SMILES string of the molecule is Cc1c(C)c2c(c(C)c1OCc1ccccc1)[C@@H](CO)C(C)(C)O2. The number of aliphatic hydroxyl groups is 1. The molecule has 0 spiro atoms. The third-order valence-corrected chi connectivity index (χ3v) is 5.19. The van der Waals surface area contributed by atoms with Gasteiger partial charge in [-0.1, -0.05) is 30.3 Å². The van der Waals surface area contributed by atoms with Crippen molar-refractivity contribution < 1.29 is 14.6 Å². The van der Waals surface area contributed by atoms with Gasteiger partial charge in [-0.3, -0.25) is 0 Å². The molecule has 3 rings (SSSR count). The van der Waals surface area contributed by atoms with Crippen LogP contribution in [0.1, 0.15) is 47.6 Å². The van der Waals surface area contributed by atoms with Crippen LogP contribution >= 0.6 is 0 Å². The molecule has 2 aromatic carbocycles. The lowest BCUT2D eigenvalue weighted by Crippen LogP contribution is -2.32. The van der Waals surface area contributed by atoms with Crippen LogP contribution in [0.2, 0.25) is 0 Å². The number of aliphatic hydroxyl groups excluding tert-OH is 1. The van der Waals surface area contributed by atoms with E-state index in [1.807, 2.05) is 32.0 Å². The summed E-state index contributed by atoms with van der Waals surface area (Å²) in [6.07, 6.45) is 0. The van der Waals surface area contributed by atoms with Gasteiger partial charge in [0, 0.05) is 5.56 Å². The second-order valence-electron chi connectivity index (χ2n) is 7.16. The van der Waals surface area contributed by atoms with E-state index in [0.29, 0.717) is 6.61 Å². The molecule has 0 radical (unpaired) electrons. The van der Waals surface area contributed by atoms with E-state index in [9.17, 15) is 5.11 Å². The summed E-state index contributed by atoms with van der Waals surface area (Å²) in [4.78, 5) is 0. The molecule has 1 aliphatic heterocycles. The molecule has 3 nitrogen and oxygen atoms in total. The fraction of sp³-hybridized carbons (Fsp3) is 0.429. The molecule has 24 heavy (non-hydrogen) atoms. The van der Waals surface area contributed by atoms with Crippen molar-refractivity contribution in [1.29, 1.82) is 0 Å². The first-order chi connectivity index (χ1) is 11.4. The third-order valence-electron chi connectivity index (χ3n) is 5.19. The molecule has 1 aliphatic rings. The van der Waals surface area contributed by atoms with E-state index in [2.05, 4.69) is 32.9 Å². The van der Waals surface area contributed by atoms with Crippen molar-refractivity contribution in [2.24, 2.45) is 0 Å². The average molecular weight is 326 g/mol. The fourth-order valence-electron chi connectivity index (χ4n) is 3.61. The molecule has 3 heteroatoms. The van der Waals surface area contributed by atoms with Gasteiger partial charge in [-0.2, -0.15) is 0 Å². The Labute approximate surface area is 144 Å². The Hall–Kier alpha value is -2.00. The van der Waals surface area contributed by atoms with Crippen molar-refractivity contribution in [3.63, 3.8) is 0 Å². The zero-order chi connectivity index (χ0) is 17.5. The van der Waals surface area contributed by atoms with E-state index < -0.39 is 5.60 Å². The molecule has 0 unspecified atom stereocenters. The normalized spacial score (nSPS) is 18.2. The summed E-state index contributed by atoms with van der Waals surface area (Å²) >= 11 is 0. The Kier molecular flexibility index (Phi) is 4.31. The molecule has 0 saturated carbocycles. The van der Waals surface area contributed by atoms with Gasteiger partial charge in [0.25, 0.3) is 0 Å². The topological polar surface area (TPSA) is 38.7 Å². The molecule has 0 aliphatic carbocycles. The van der Waals surface area contributed by atoms with Gasteiger partial charge in [-0.25, -0.2) is 0 Å². The highest BCUT2D eigenvalue weighted by atomic mass is 16.5. The largest absolute Gasteiger partial charge is 0.488 e. The smallest absolute Gasteiger partial charge is 0.127 e. The maximum absolute atomic E-state index is 9.91. The van der Waals surface area contributed by atoms with Crippen molar-refractivity contribution in [3.8, 4) is 11.5 Å². The Morgan fingerprint density at radius 3 is 2.33 bits per heavy atom. The molecule has 2 aromatic rings. The highest BCUT2D eigenvalue weighted by Gasteiger charge is 2.43. The van der Waals surface area contributed by atoms with Crippen LogP contribution in [0.15, 0.2) is 30.3 Å². The molecule has 128 valence electrons. The monoisotopic (exact) mass is 326 g/mol. The van der Waals surface area contributed by atoms with E-state index in [1.54, 1.807) is 0 Å². The van der Waals surface area contributed by atoms with E-state index in [1.165, 1.54) is 0 Å². The molecule has 0 fully saturated rings. The van der Waals surface area contributed by atoms with Gasteiger partial charge >= 0.3 is 0 Å². The fourth-order valence-corrected chi connectivity index (χ4v) is 3.61. The van der Waals surface area contributed by atoms with Crippen LogP contribution in [0.25, 0.3) is 0 Å². The van der Waals surface area contributed by atoms with Crippen LogP contribution in [-0.4, -0.2) is 17.3 Å². The minimum atomic E-state index is -0.406. The first kappa shape index (κ1) is 16.8. The van der Waals surface area contributed by atoms with Crippen LogP contribution in [0.3, 0.4) is 0 Å². The predicted molar refractivity (Wildman–Crippen MR) is 96.0 cm³/mol. The number of hydrogen-bond donors (Lipinski definition) is 1. The Bertz CT molecular complexity index is 748.